The minimum atomic E-state index is -0.132. The highest BCUT2D eigenvalue weighted by Gasteiger charge is 2.22. The SMILES string of the molecule is Cc1nc(COc2ccc(/C=C/C(=O)NC3CCOc4ccc(Br)cc43)cc2)cs1. The summed E-state index contributed by atoms with van der Waals surface area (Å²) in [5.41, 5.74) is 2.85. The maximum Gasteiger partial charge on any atom is 0.244 e. The van der Waals surface area contributed by atoms with Crippen LogP contribution in [0.2, 0.25) is 0 Å². The quantitative estimate of drug-likeness (QED) is 0.472. The van der Waals surface area contributed by atoms with E-state index in [1.807, 2.05) is 54.8 Å². The first-order valence-electron chi connectivity index (χ1n) is 9.61. The Bertz CT molecular complexity index is 1060. The van der Waals surface area contributed by atoms with Crippen LogP contribution < -0.4 is 14.8 Å². The van der Waals surface area contributed by atoms with Gasteiger partial charge in [0, 0.05) is 27.9 Å². The van der Waals surface area contributed by atoms with Gasteiger partial charge in [0.05, 0.1) is 23.4 Å². The first kappa shape index (κ1) is 20.6. The van der Waals surface area contributed by atoms with Crippen LogP contribution in [0, 0.1) is 6.92 Å². The Balaban J connectivity index is 1.33. The summed E-state index contributed by atoms with van der Waals surface area (Å²) in [5.74, 6) is 1.46. The monoisotopic (exact) mass is 484 g/mol. The van der Waals surface area contributed by atoms with Crippen molar-refractivity contribution < 1.29 is 14.3 Å². The number of halogens is 1. The molecule has 0 fully saturated rings. The van der Waals surface area contributed by atoms with E-state index in [4.69, 9.17) is 9.47 Å². The number of nitrogens with zero attached hydrogens (tertiary/aromatic N) is 1. The fourth-order valence-corrected chi connectivity index (χ4v) is 4.19. The van der Waals surface area contributed by atoms with Crippen molar-refractivity contribution in [2.45, 2.75) is 26.0 Å². The number of benzene rings is 2. The lowest BCUT2D eigenvalue weighted by Crippen LogP contribution is -2.31. The third-order valence-corrected chi connectivity index (χ3v) is 6.00. The van der Waals surface area contributed by atoms with Crippen LogP contribution in [-0.4, -0.2) is 17.5 Å². The molecule has 0 aliphatic carbocycles. The molecule has 1 amide bonds. The van der Waals surface area contributed by atoms with E-state index in [1.54, 1.807) is 23.5 Å². The highest BCUT2D eigenvalue weighted by molar-refractivity contribution is 9.10. The third kappa shape index (κ3) is 5.29. The smallest absolute Gasteiger partial charge is 0.244 e. The summed E-state index contributed by atoms with van der Waals surface area (Å²) in [4.78, 5) is 16.8. The van der Waals surface area contributed by atoms with Gasteiger partial charge in [0.15, 0.2) is 0 Å². The number of fused-ring (bicyclic) bond motifs is 1. The Morgan fingerprint density at radius 3 is 2.93 bits per heavy atom. The van der Waals surface area contributed by atoms with Crippen LogP contribution in [0.5, 0.6) is 11.5 Å². The number of rotatable bonds is 6. The van der Waals surface area contributed by atoms with Crippen LogP contribution >= 0.6 is 27.3 Å². The Kier molecular flexibility index (Phi) is 6.50. The normalized spacial score (nSPS) is 15.5. The summed E-state index contributed by atoms with van der Waals surface area (Å²) in [5, 5.41) is 6.10. The predicted molar refractivity (Wildman–Crippen MR) is 122 cm³/mol. The number of hydrogen-bond donors (Lipinski definition) is 1. The molecule has 0 spiro atoms. The molecule has 0 radical (unpaired) electrons. The number of nitrogens with one attached hydrogen (secondary N) is 1. The van der Waals surface area contributed by atoms with E-state index in [9.17, 15) is 4.79 Å². The van der Waals surface area contributed by atoms with Gasteiger partial charge in [0.25, 0.3) is 0 Å². The lowest BCUT2D eigenvalue weighted by molar-refractivity contribution is -0.117. The molecule has 1 aromatic heterocycles. The van der Waals surface area contributed by atoms with Crippen LogP contribution in [-0.2, 0) is 11.4 Å². The molecule has 2 heterocycles. The van der Waals surface area contributed by atoms with Gasteiger partial charge >= 0.3 is 0 Å². The second-order valence-corrected chi connectivity index (χ2v) is 8.91. The zero-order chi connectivity index (χ0) is 20.9. The number of aromatic nitrogens is 1. The third-order valence-electron chi connectivity index (χ3n) is 4.69. The van der Waals surface area contributed by atoms with Crippen molar-refractivity contribution in [1.29, 1.82) is 0 Å². The molecule has 7 heteroatoms. The molecular weight excluding hydrogens is 464 g/mol. The molecule has 154 valence electrons. The Hall–Kier alpha value is -2.64. The number of thiazole rings is 1. The topological polar surface area (TPSA) is 60.5 Å². The average Bonchev–Trinajstić information content (AvgIpc) is 3.17. The van der Waals surface area contributed by atoms with Crippen LogP contribution in [0.3, 0.4) is 0 Å². The van der Waals surface area contributed by atoms with E-state index in [2.05, 4.69) is 26.2 Å². The molecule has 0 saturated heterocycles. The number of ether oxygens (including phenoxy) is 2. The van der Waals surface area contributed by atoms with Crippen molar-refractivity contribution in [3.8, 4) is 11.5 Å². The molecule has 5 nitrogen and oxygen atoms in total. The zero-order valence-electron chi connectivity index (χ0n) is 16.4. The number of amides is 1. The van der Waals surface area contributed by atoms with Crippen molar-refractivity contribution in [3.05, 3.63) is 80.2 Å². The fraction of sp³-hybridized carbons (Fsp3) is 0.217. The second kappa shape index (κ2) is 9.45. The van der Waals surface area contributed by atoms with Gasteiger partial charge in [-0.2, -0.15) is 0 Å². The number of carbonyl (C=O) groups is 1. The van der Waals surface area contributed by atoms with Gasteiger partial charge in [-0.15, -0.1) is 11.3 Å². The summed E-state index contributed by atoms with van der Waals surface area (Å²) >= 11 is 5.09. The van der Waals surface area contributed by atoms with Crippen molar-refractivity contribution in [2.24, 2.45) is 0 Å². The average molecular weight is 485 g/mol. The molecular formula is C23H21BrN2O3S. The highest BCUT2D eigenvalue weighted by atomic mass is 79.9. The highest BCUT2D eigenvalue weighted by Crippen LogP contribution is 2.34. The summed E-state index contributed by atoms with van der Waals surface area (Å²) in [6.07, 6.45) is 4.10. The van der Waals surface area contributed by atoms with Crippen LogP contribution in [0.4, 0.5) is 0 Å². The summed E-state index contributed by atoms with van der Waals surface area (Å²) in [6, 6.07) is 13.4. The molecule has 1 atom stereocenters. The van der Waals surface area contributed by atoms with E-state index in [0.29, 0.717) is 13.2 Å². The van der Waals surface area contributed by atoms with E-state index in [0.717, 1.165) is 44.2 Å². The lowest BCUT2D eigenvalue weighted by Gasteiger charge is -2.26. The standard InChI is InChI=1S/C23H21BrN2O3S/c1-15-25-18(14-30-15)13-29-19-6-2-16(3-7-19)4-9-23(27)26-21-10-11-28-22-8-5-17(24)12-20(21)22/h2-9,12,14,21H,10-11,13H2,1H3,(H,26,27)/b9-4+. The number of hydrogen-bond acceptors (Lipinski definition) is 5. The fourth-order valence-electron chi connectivity index (χ4n) is 3.21. The van der Waals surface area contributed by atoms with Crippen molar-refractivity contribution in [1.82, 2.24) is 10.3 Å². The predicted octanol–water partition coefficient (Wildman–Crippen LogP) is 5.45. The Labute approximate surface area is 187 Å². The van der Waals surface area contributed by atoms with E-state index < -0.39 is 0 Å². The minimum Gasteiger partial charge on any atom is -0.493 e. The Morgan fingerprint density at radius 2 is 2.17 bits per heavy atom. The Morgan fingerprint density at radius 1 is 1.33 bits per heavy atom. The molecule has 0 bridgehead atoms. The molecule has 1 aliphatic heterocycles. The van der Waals surface area contributed by atoms with E-state index in [-0.39, 0.29) is 11.9 Å². The van der Waals surface area contributed by atoms with Gasteiger partial charge < -0.3 is 14.8 Å². The van der Waals surface area contributed by atoms with Gasteiger partial charge in [-0.3, -0.25) is 4.79 Å². The molecule has 1 aliphatic rings. The summed E-state index contributed by atoms with van der Waals surface area (Å²) in [6.45, 7) is 3.01. The van der Waals surface area contributed by atoms with Gasteiger partial charge in [0.2, 0.25) is 5.91 Å². The first-order valence-corrected chi connectivity index (χ1v) is 11.3. The van der Waals surface area contributed by atoms with Gasteiger partial charge in [-0.25, -0.2) is 4.98 Å². The van der Waals surface area contributed by atoms with Gasteiger partial charge in [0.1, 0.15) is 18.1 Å². The lowest BCUT2D eigenvalue weighted by atomic mass is 10.0. The maximum absolute atomic E-state index is 12.4. The molecule has 1 N–H and O–H groups in total. The maximum atomic E-state index is 12.4. The van der Waals surface area contributed by atoms with E-state index >= 15 is 0 Å². The van der Waals surface area contributed by atoms with Crippen LogP contribution in [0.25, 0.3) is 6.08 Å². The van der Waals surface area contributed by atoms with Gasteiger partial charge in [-0.05, 0) is 48.9 Å². The molecule has 4 rings (SSSR count). The van der Waals surface area contributed by atoms with Crippen molar-refractivity contribution in [3.63, 3.8) is 0 Å². The molecule has 1 unspecified atom stereocenters. The van der Waals surface area contributed by atoms with E-state index in [1.165, 1.54) is 0 Å². The molecule has 0 saturated carbocycles. The zero-order valence-corrected chi connectivity index (χ0v) is 18.8. The van der Waals surface area contributed by atoms with Crippen molar-refractivity contribution >= 4 is 39.2 Å². The largest absolute Gasteiger partial charge is 0.493 e. The summed E-state index contributed by atoms with van der Waals surface area (Å²) < 4.78 is 12.4. The summed E-state index contributed by atoms with van der Waals surface area (Å²) in [7, 11) is 0. The van der Waals surface area contributed by atoms with Crippen molar-refractivity contribution in [2.75, 3.05) is 6.61 Å². The second-order valence-electron chi connectivity index (χ2n) is 6.93. The van der Waals surface area contributed by atoms with Crippen LogP contribution in [0.1, 0.15) is 34.3 Å². The number of aryl methyl sites for hydroxylation is 1. The van der Waals surface area contributed by atoms with Gasteiger partial charge in [-0.1, -0.05) is 28.1 Å². The molecule has 3 aromatic rings. The molecule has 2 aromatic carbocycles. The van der Waals surface area contributed by atoms with Crippen LogP contribution in [0.15, 0.2) is 58.4 Å². The minimum absolute atomic E-state index is 0.0615. The number of carbonyl (C=O) groups excluding carboxylic acids is 1. The first-order chi connectivity index (χ1) is 14.6. The molecule has 30 heavy (non-hydrogen) atoms.